The molecule has 0 saturated carbocycles. The summed E-state index contributed by atoms with van der Waals surface area (Å²) in [6, 6.07) is 9.97. The molecule has 1 aliphatic heterocycles. The zero-order valence-corrected chi connectivity index (χ0v) is 13.1. The van der Waals surface area contributed by atoms with E-state index in [1.807, 2.05) is 35.2 Å². The first-order chi connectivity index (χ1) is 10.2. The molecule has 2 rings (SSSR count). The second-order valence-electron chi connectivity index (χ2n) is 5.41. The Morgan fingerprint density at radius 2 is 1.86 bits per heavy atom. The Kier molecular flexibility index (Phi) is 5.99. The SMILES string of the molecule is NC(=S)CCN(CC(=O)N1CCCCC1)c1ccccc1. The van der Waals surface area contributed by atoms with Gasteiger partial charge in [-0.15, -0.1) is 0 Å². The van der Waals surface area contributed by atoms with Crippen LogP contribution in [0.15, 0.2) is 30.3 Å². The number of carbonyl (C=O) groups is 1. The van der Waals surface area contributed by atoms with Gasteiger partial charge in [-0.2, -0.15) is 0 Å². The van der Waals surface area contributed by atoms with Gasteiger partial charge in [0.15, 0.2) is 0 Å². The predicted octanol–water partition coefficient (Wildman–Crippen LogP) is 2.18. The van der Waals surface area contributed by atoms with Gasteiger partial charge in [0.05, 0.1) is 11.5 Å². The van der Waals surface area contributed by atoms with Crippen molar-refractivity contribution >= 4 is 28.8 Å². The predicted molar refractivity (Wildman–Crippen MR) is 90.5 cm³/mol. The lowest BCUT2D eigenvalue weighted by molar-refractivity contribution is -0.130. The zero-order chi connectivity index (χ0) is 15.1. The van der Waals surface area contributed by atoms with E-state index in [1.54, 1.807) is 0 Å². The van der Waals surface area contributed by atoms with E-state index >= 15 is 0 Å². The van der Waals surface area contributed by atoms with Crippen molar-refractivity contribution in [3.05, 3.63) is 30.3 Å². The van der Waals surface area contributed by atoms with Gasteiger partial charge in [-0.1, -0.05) is 30.4 Å². The lowest BCUT2D eigenvalue weighted by atomic mass is 10.1. The molecule has 1 amide bonds. The second kappa shape index (κ2) is 7.98. The highest BCUT2D eigenvalue weighted by molar-refractivity contribution is 7.80. The number of likely N-dealkylation sites (tertiary alicyclic amines) is 1. The van der Waals surface area contributed by atoms with Gasteiger partial charge in [-0.3, -0.25) is 4.79 Å². The number of para-hydroxylation sites is 1. The molecule has 114 valence electrons. The summed E-state index contributed by atoms with van der Waals surface area (Å²) in [7, 11) is 0. The van der Waals surface area contributed by atoms with Crippen LogP contribution < -0.4 is 10.6 Å². The van der Waals surface area contributed by atoms with Crippen LogP contribution >= 0.6 is 12.2 Å². The Balaban J connectivity index is 2.00. The quantitative estimate of drug-likeness (QED) is 0.819. The first-order valence-electron chi connectivity index (χ1n) is 7.53. The van der Waals surface area contributed by atoms with Crippen molar-refractivity contribution in [2.75, 3.05) is 31.1 Å². The highest BCUT2D eigenvalue weighted by Gasteiger charge is 2.19. The first kappa shape index (κ1) is 15.8. The molecule has 1 aromatic rings. The number of hydrogen-bond donors (Lipinski definition) is 1. The molecule has 1 aromatic carbocycles. The standard InChI is InChI=1S/C16H23N3OS/c17-15(21)9-12-19(14-7-3-1-4-8-14)13-16(20)18-10-5-2-6-11-18/h1,3-4,7-8H,2,5-6,9-13H2,(H2,17,21). The van der Waals surface area contributed by atoms with Crippen molar-refractivity contribution in [2.45, 2.75) is 25.7 Å². The summed E-state index contributed by atoms with van der Waals surface area (Å²) in [5.41, 5.74) is 6.64. The number of amides is 1. The molecular formula is C16H23N3OS. The minimum absolute atomic E-state index is 0.196. The number of nitrogens with two attached hydrogens (primary N) is 1. The maximum atomic E-state index is 12.4. The summed E-state index contributed by atoms with van der Waals surface area (Å²) in [6.07, 6.45) is 4.08. The molecule has 0 aliphatic carbocycles. The van der Waals surface area contributed by atoms with E-state index in [0.717, 1.165) is 31.6 Å². The molecule has 1 fully saturated rings. The van der Waals surface area contributed by atoms with Crippen molar-refractivity contribution in [3.8, 4) is 0 Å². The molecule has 0 radical (unpaired) electrons. The van der Waals surface area contributed by atoms with Gasteiger partial charge in [0, 0.05) is 31.7 Å². The van der Waals surface area contributed by atoms with Crippen molar-refractivity contribution in [1.29, 1.82) is 0 Å². The van der Waals surface area contributed by atoms with Crippen molar-refractivity contribution in [1.82, 2.24) is 4.90 Å². The van der Waals surface area contributed by atoms with Gasteiger partial charge in [0.25, 0.3) is 0 Å². The number of nitrogens with zero attached hydrogens (tertiary/aromatic N) is 2. The molecule has 0 spiro atoms. The summed E-state index contributed by atoms with van der Waals surface area (Å²) in [5, 5.41) is 0. The smallest absolute Gasteiger partial charge is 0.242 e. The van der Waals surface area contributed by atoms with Gasteiger partial charge in [-0.05, 0) is 31.4 Å². The van der Waals surface area contributed by atoms with Crippen LogP contribution in [0.2, 0.25) is 0 Å². The van der Waals surface area contributed by atoms with Gasteiger partial charge in [0.2, 0.25) is 5.91 Å². The molecular weight excluding hydrogens is 282 g/mol. The van der Waals surface area contributed by atoms with E-state index in [0.29, 0.717) is 24.5 Å². The average Bonchev–Trinajstić information content (AvgIpc) is 2.52. The molecule has 0 atom stereocenters. The van der Waals surface area contributed by atoms with E-state index in [4.69, 9.17) is 18.0 Å². The van der Waals surface area contributed by atoms with E-state index < -0.39 is 0 Å². The number of anilines is 1. The van der Waals surface area contributed by atoms with Crippen LogP contribution in [0, 0.1) is 0 Å². The van der Waals surface area contributed by atoms with Gasteiger partial charge < -0.3 is 15.5 Å². The van der Waals surface area contributed by atoms with Crippen LogP contribution in [-0.2, 0) is 4.79 Å². The third-order valence-electron chi connectivity index (χ3n) is 3.78. The van der Waals surface area contributed by atoms with Crippen molar-refractivity contribution in [2.24, 2.45) is 5.73 Å². The molecule has 1 aliphatic rings. The topological polar surface area (TPSA) is 49.6 Å². The lowest BCUT2D eigenvalue weighted by Gasteiger charge is -2.31. The number of carbonyl (C=O) groups excluding carboxylic acids is 1. The van der Waals surface area contributed by atoms with Crippen LogP contribution in [-0.4, -0.2) is 42.0 Å². The fourth-order valence-electron chi connectivity index (χ4n) is 2.59. The second-order valence-corrected chi connectivity index (χ2v) is 5.94. The minimum Gasteiger partial charge on any atom is -0.393 e. The molecule has 2 N–H and O–H groups in total. The van der Waals surface area contributed by atoms with E-state index in [1.165, 1.54) is 6.42 Å². The van der Waals surface area contributed by atoms with Crippen LogP contribution in [0.25, 0.3) is 0 Å². The molecule has 1 heterocycles. The number of thiocarbonyl (C=S) groups is 1. The zero-order valence-electron chi connectivity index (χ0n) is 12.3. The van der Waals surface area contributed by atoms with E-state index in [2.05, 4.69) is 4.90 Å². The Labute approximate surface area is 131 Å². The summed E-state index contributed by atoms with van der Waals surface area (Å²) in [6.45, 7) is 2.85. The number of rotatable bonds is 6. The largest absolute Gasteiger partial charge is 0.393 e. The maximum Gasteiger partial charge on any atom is 0.242 e. The summed E-state index contributed by atoms with van der Waals surface area (Å²) >= 11 is 4.96. The van der Waals surface area contributed by atoms with Gasteiger partial charge in [0.1, 0.15) is 0 Å². The monoisotopic (exact) mass is 305 g/mol. The number of benzene rings is 1. The Hall–Kier alpha value is -1.62. The highest BCUT2D eigenvalue weighted by atomic mass is 32.1. The molecule has 5 heteroatoms. The van der Waals surface area contributed by atoms with Crippen molar-refractivity contribution in [3.63, 3.8) is 0 Å². The normalized spacial score (nSPS) is 14.8. The molecule has 0 unspecified atom stereocenters. The number of hydrogen-bond acceptors (Lipinski definition) is 3. The molecule has 4 nitrogen and oxygen atoms in total. The number of piperidine rings is 1. The Morgan fingerprint density at radius 1 is 1.19 bits per heavy atom. The summed E-state index contributed by atoms with van der Waals surface area (Å²) < 4.78 is 0. The minimum atomic E-state index is 0.196. The van der Waals surface area contributed by atoms with E-state index in [-0.39, 0.29) is 5.91 Å². The average molecular weight is 305 g/mol. The third kappa shape index (κ3) is 5.01. The molecule has 0 aromatic heterocycles. The fraction of sp³-hybridized carbons (Fsp3) is 0.500. The summed E-state index contributed by atoms with van der Waals surface area (Å²) in [5.74, 6) is 0.196. The Morgan fingerprint density at radius 3 is 2.48 bits per heavy atom. The maximum absolute atomic E-state index is 12.4. The fourth-order valence-corrected chi connectivity index (χ4v) is 2.68. The molecule has 1 saturated heterocycles. The molecule has 21 heavy (non-hydrogen) atoms. The molecule has 0 bridgehead atoms. The van der Waals surface area contributed by atoms with Crippen LogP contribution in [0.5, 0.6) is 0 Å². The highest BCUT2D eigenvalue weighted by Crippen LogP contribution is 2.15. The van der Waals surface area contributed by atoms with Crippen LogP contribution in [0.1, 0.15) is 25.7 Å². The van der Waals surface area contributed by atoms with Gasteiger partial charge in [-0.25, -0.2) is 0 Å². The van der Waals surface area contributed by atoms with Gasteiger partial charge >= 0.3 is 0 Å². The Bertz CT molecular complexity index is 472. The first-order valence-corrected chi connectivity index (χ1v) is 7.94. The third-order valence-corrected chi connectivity index (χ3v) is 3.99. The van der Waals surface area contributed by atoms with Crippen LogP contribution in [0.4, 0.5) is 5.69 Å². The van der Waals surface area contributed by atoms with Crippen LogP contribution in [0.3, 0.4) is 0 Å². The summed E-state index contributed by atoms with van der Waals surface area (Å²) in [4.78, 5) is 17.0. The van der Waals surface area contributed by atoms with E-state index in [9.17, 15) is 4.79 Å². The lowest BCUT2D eigenvalue weighted by Crippen LogP contribution is -2.43. The van der Waals surface area contributed by atoms with Crippen molar-refractivity contribution < 1.29 is 4.79 Å².